The Kier molecular flexibility index (Phi) is 4.37. The van der Waals surface area contributed by atoms with E-state index >= 15 is 0 Å². The summed E-state index contributed by atoms with van der Waals surface area (Å²) < 4.78 is 0. The van der Waals surface area contributed by atoms with E-state index in [1.54, 1.807) is 0 Å². The molecule has 0 aliphatic heterocycles. The number of amides is 1. The number of aromatic amines is 1. The van der Waals surface area contributed by atoms with Gasteiger partial charge in [0, 0.05) is 30.4 Å². The topological polar surface area (TPSA) is 62.0 Å². The molecule has 0 saturated heterocycles. The van der Waals surface area contributed by atoms with E-state index in [0.29, 0.717) is 13.0 Å². The molecule has 2 N–H and O–H groups in total. The maximum absolute atomic E-state index is 11.5. The number of pyridine rings is 1. The molecule has 1 amide bonds. The number of aromatic nitrogens is 1. The van der Waals surface area contributed by atoms with Crippen LogP contribution in [0.15, 0.2) is 23.3 Å². The van der Waals surface area contributed by atoms with Gasteiger partial charge in [-0.2, -0.15) is 0 Å². The number of hydrogen-bond donors (Lipinski definition) is 2. The first-order valence-electron chi connectivity index (χ1n) is 4.70. The van der Waals surface area contributed by atoms with Gasteiger partial charge in [-0.15, -0.1) is 11.6 Å². The number of alkyl halides is 1. The fourth-order valence-corrected chi connectivity index (χ4v) is 1.18. The predicted octanol–water partition coefficient (Wildman–Crippen LogP) is 1.12. The molecular formula is C10H13ClN2O2. The zero-order valence-corrected chi connectivity index (χ0v) is 9.17. The molecule has 1 atom stereocenters. The van der Waals surface area contributed by atoms with Crippen molar-refractivity contribution in [3.63, 3.8) is 0 Å². The van der Waals surface area contributed by atoms with Gasteiger partial charge in [-0.1, -0.05) is 0 Å². The van der Waals surface area contributed by atoms with Crippen molar-refractivity contribution in [2.75, 3.05) is 6.54 Å². The van der Waals surface area contributed by atoms with Crippen LogP contribution in [0.25, 0.3) is 0 Å². The SMILES string of the molecule is CC(Cl)CCNC(=O)c1c[nH]ccc1=O. The first-order chi connectivity index (χ1) is 7.11. The summed E-state index contributed by atoms with van der Waals surface area (Å²) >= 11 is 5.72. The van der Waals surface area contributed by atoms with Crippen LogP contribution in [-0.4, -0.2) is 22.8 Å². The fraction of sp³-hybridized carbons (Fsp3) is 0.400. The van der Waals surface area contributed by atoms with Gasteiger partial charge in [-0.05, 0) is 13.3 Å². The van der Waals surface area contributed by atoms with Crippen LogP contribution in [0.5, 0.6) is 0 Å². The smallest absolute Gasteiger partial charge is 0.256 e. The second-order valence-corrected chi connectivity index (χ2v) is 3.99. The molecule has 4 nitrogen and oxygen atoms in total. The Hall–Kier alpha value is -1.29. The highest BCUT2D eigenvalue weighted by molar-refractivity contribution is 6.20. The molecule has 15 heavy (non-hydrogen) atoms. The van der Waals surface area contributed by atoms with Crippen molar-refractivity contribution in [3.8, 4) is 0 Å². The molecule has 0 aliphatic rings. The summed E-state index contributed by atoms with van der Waals surface area (Å²) in [7, 11) is 0. The third-order valence-corrected chi connectivity index (χ3v) is 2.11. The Balaban J connectivity index is 2.55. The van der Waals surface area contributed by atoms with Crippen LogP contribution in [0.4, 0.5) is 0 Å². The van der Waals surface area contributed by atoms with Crippen LogP contribution < -0.4 is 10.7 Å². The molecule has 0 bridgehead atoms. The Labute approximate surface area is 92.7 Å². The van der Waals surface area contributed by atoms with Crippen LogP contribution in [0.3, 0.4) is 0 Å². The summed E-state index contributed by atoms with van der Waals surface area (Å²) in [6.07, 6.45) is 3.56. The molecule has 0 aliphatic carbocycles. The summed E-state index contributed by atoms with van der Waals surface area (Å²) in [6.45, 7) is 2.32. The van der Waals surface area contributed by atoms with Crippen LogP contribution in [-0.2, 0) is 0 Å². The maximum atomic E-state index is 11.5. The average molecular weight is 229 g/mol. The highest BCUT2D eigenvalue weighted by Gasteiger charge is 2.08. The normalized spacial score (nSPS) is 12.1. The maximum Gasteiger partial charge on any atom is 0.256 e. The molecule has 1 unspecified atom stereocenters. The van der Waals surface area contributed by atoms with E-state index in [9.17, 15) is 9.59 Å². The summed E-state index contributed by atoms with van der Waals surface area (Å²) in [5, 5.41) is 2.64. The number of hydrogen-bond acceptors (Lipinski definition) is 2. The molecule has 82 valence electrons. The standard InChI is InChI=1S/C10H13ClN2O2/c1-7(11)2-5-13-10(15)8-6-12-4-3-9(8)14/h3-4,6-7H,2,5H2,1H3,(H,12,14)(H,13,15). The zero-order chi connectivity index (χ0) is 11.3. The average Bonchev–Trinajstić information content (AvgIpc) is 2.17. The van der Waals surface area contributed by atoms with Crippen molar-refractivity contribution in [2.24, 2.45) is 0 Å². The van der Waals surface area contributed by atoms with Crippen molar-refractivity contribution in [3.05, 3.63) is 34.2 Å². The Morgan fingerprint density at radius 1 is 1.67 bits per heavy atom. The Bertz CT molecular complexity index is 387. The quantitative estimate of drug-likeness (QED) is 0.759. The van der Waals surface area contributed by atoms with Gasteiger partial charge >= 0.3 is 0 Å². The Morgan fingerprint density at radius 3 is 3.00 bits per heavy atom. The van der Waals surface area contributed by atoms with Gasteiger partial charge in [-0.25, -0.2) is 0 Å². The van der Waals surface area contributed by atoms with Crippen molar-refractivity contribution in [1.29, 1.82) is 0 Å². The number of carbonyl (C=O) groups is 1. The van der Waals surface area contributed by atoms with E-state index in [1.165, 1.54) is 18.5 Å². The second-order valence-electron chi connectivity index (χ2n) is 3.25. The van der Waals surface area contributed by atoms with E-state index < -0.39 is 0 Å². The van der Waals surface area contributed by atoms with E-state index in [2.05, 4.69) is 10.3 Å². The molecule has 0 aromatic carbocycles. The molecule has 0 saturated carbocycles. The van der Waals surface area contributed by atoms with Gasteiger partial charge in [0.15, 0.2) is 5.43 Å². The van der Waals surface area contributed by atoms with Crippen LogP contribution in [0.1, 0.15) is 23.7 Å². The first-order valence-corrected chi connectivity index (χ1v) is 5.14. The number of H-pyrrole nitrogens is 1. The monoisotopic (exact) mass is 228 g/mol. The lowest BCUT2D eigenvalue weighted by Crippen LogP contribution is -2.29. The van der Waals surface area contributed by atoms with E-state index in [4.69, 9.17) is 11.6 Å². The zero-order valence-electron chi connectivity index (χ0n) is 8.42. The van der Waals surface area contributed by atoms with E-state index in [1.807, 2.05) is 6.92 Å². The number of nitrogens with one attached hydrogen (secondary N) is 2. The number of halogens is 1. The van der Waals surface area contributed by atoms with Crippen molar-refractivity contribution >= 4 is 17.5 Å². The van der Waals surface area contributed by atoms with Crippen LogP contribution >= 0.6 is 11.6 Å². The summed E-state index contributed by atoms with van der Waals surface area (Å²) in [4.78, 5) is 25.4. The van der Waals surface area contributed by atoms with Crippen molar-refractivity contribution < 1.29 is 4.79 Å². The lowest BCUT2D eigenvalue weighted by molar-refractivity contribution is 0.0952. The van der Waals surface area contributed by atoms with Crippen molar-refractivity contribution in [1.82, 2.24) is 10.3 Å². The minimum Gasteiger partial charge on any atom is -0.367 e. The number of carbonyl (C=O) groups excluding carboxylic acids is 1. The van der Waals surface area contributed by atoms with Crippen molar-refractivity contribution in [2.45, 2.75) is 18.7 Å². The molecule has 0 fully saturated rings. The molecule has 1 heterocycles. The van der Waals surface area contributed by atoms with Gasteiger partial charge in [0.2, 0.25) is 0 Å². The molecule has 1 aromatic heterocycles. The summed E-state index contributed by atoms with van der Waals surface area (Å²) in [6, 6.07) is 1.32. The molecule has 1 rings (SSSR count). The second kappa shape index (κ2) is 5.56. The highest BCUT2D eigenvalue weighted by atomic mass is 35.5. The molecule has 1 aromatic rings. The molecule has 0 spiro atoms. The third-order valence-electron chi connectivity index (χ3n) is 1.90. The van der Waals surface area contributed by atoms with Gasteiger partial charge in [0.05, 0.1) is 0 Å². The molecule has 5 heteroatoms. The van der Waals surface area contributed by atoms with Crippen LogP contribution in [0, 0.1) is 0 Å². The Morgan fingerprint density at radius 2 is 2.40 bits per heavy atom. The first kappa shape index (κ1) is 11.8. The van der Waals surface area contributed by atoms with Gasteiger partial charge in [0.1, 0.15) is 5.56 Å². The minimum atomic E-state index is -0.367. The molecule has 0 radical (unpaired) electrons. The van der Waals surface area contributed by atoms with E-state index in [-0.39, 0.29) is 22.3 Å². The van der Waals surface area contributed by atoms with Gasteiger partial charge < -0.3 is 10.3 Å². The van der Waals surface area contributed by atoms with E-state index in [0.717, 1.165) is 0 Å². The highest BCUT2D eigenvalue weighted by Crippen LogP contribution is 1.97. The lowest BCUT2D eigenvalue weighted by Gasteiger charge is -2.05. The van der Waals surface area contributed by atoms with Gasteiger partial charge in [0.25, 0.3) is 5.91 Å². The fourth-order valence-electron chi connectivity index (χ4n) is 1.07. The minimum absolute atomic E-state index is 0.0133. The van der Waals surface area contributed by atoms with Crippen LogP contribution in [0.2, 0.25) is 0 Å². The lowest BCUT2D eigenvalue weighted by atomic mass is 10.2. The largest absolute Gasteiger partial charge is 0.367 e. The number of rotatable bonds is 4. The summed E-state index contributed by atoms with van der Waals surface area (Å²) in [5.41, 5.74) is -0.162. The predicted molar refractivity (Wildman–Crippen MR) is 59.3 cm³/mol. The summed E-state index contributed by atoms with van der Waals surface area (Å²) in [5.74, 6) is -0.367. The third kappa shape index (κ3) is 3.75. The van der Waals surface area contributed by atoms with Gasteiger partial charge in [-0.3, -0.25) is 9.59 Å². The molecular weight excluding hydrogens is 216 g/mol.